The molecule has 1 unspecified atom stereocenters. The van der Waals surface area contributed by atoms with Gasteiger partial charge in [-0.3, -0.25) is 4.79 Å². The van der Waals surface area contributed by atoms with Gasteiger partial charge in [0.05, 0.1) is 17.1 Å². The van der Waals surface area contributed by atoms with Crippen LogP contribution in [-0.2, 0) is 0 Å². The Morgan fingerprint density at radius 2 is 1.88 bits per heavy atom. The number of aromatic nitrogens is 4. The largest absolute Gasteiger partial charge is 0.382 e. The van der Waals surface area contributed by atoms with Gasteiger partial charge >= 0.3 is 0 Å². The minimum Gasteiger partial charge on any atom is -0.382 e. The van der Waals surface area contributed by atoms with Gasteiger partial charge in [-0.1, -0.05) is 12.1 Å². The fourth-order valence-corrected chi connectivity index (χ4v) is 2.76. The first kappa shape index (κ1) is 15.9. The SMILES string of the molecule is CC(NC(=O)c1nccnc1N)c1nc2ccccc2n1C(C)C. The number of imidazole rings is 1. The van der Waals surface area contributed by atoms with Crippen LogP contribution in [0.4, 0.5) is 5.82 Å². The molecule has 2 aromatic heterocycles. The summed E-state index contributed by atoms with van der Waals surface area (Å²) < 4.78 is 2.13. The maximum Gasteiger partial charge on any atom is 0.274 e. The normalized spacial score (nSPS) is 12.5. The van der Waals surface area contributed by atoms with Crippen molar-refractivity contribution in [3.05, 3.63) is 48.2 Å². The number of carbonyl (C=O) groups is 1. The Bertz CT molecular complexity index is 886. The first-order chi connectivity index (χ1) is 11.5. The Kier molecular flexibility index (Phi) is 4.16. The zero-order chi connectivity index (χ0) is 17.3. The van der Waals surface area contributed by atoms with Crippen LogP contribution in [0.3, 0.4) is 0 Å². The van der Waals surface area contributed by atoms with Gasteiger partial charge in [0.25, 0.3) is 5.91 Å². The van der Waals surface area contributed by atoms with Gasteiger partial charge in [-0.05, 0) is 32.9 Å². The lowest BCUT2D eigenvalue weighted by molar-refractivity contribution is 0.0933. The van der Waals surface area contributed by atoms with Crippen LogP contribution in [0.1, 0.15) is 49.2 Å². The van der Waals surface area contributed by atoms with E-state index in [9.17, 15) is 4.79 Å². The molecule has 7 nitrogen and oxygen atoms in total. The minimum atomic E-state index is -0.365. The first-order valence-electron chi connectivity index (χ1n) is 7.83. The highest BCUT2D eigenvalue weighted by Crippen LogP contribution is 2.25. The molecule has 124 valence electrons. The van der Waals surface area contributed by atoms with Gasteiger partial charge in [0.1, 0.15) is 5.82 Å². The number of amides is 1. The predicted octanol–water partition coefficient (Wildman–Crippen LogP) is 2.48. The number of anilines is 1. The predicted molar refractivity (Wildman–Crippen MR) is 92.4 cm³/mol. The molecule has 3 aromatic rings. The Labute approximate surface area is 139 Å². The number of carbonyl (C=O) groups excluding carboxylic acids is 1. The monoisotopic (exact) mass is 324 g/mol. The van der Waals surface area contributed by atoms with Crippen molar-refractivity contribution in [2.45, 2.75) is 32.9 Å². The standard InChI is InChI=1S/C17H20N6O/c1-10(2)23-13-7-5-4-6-12(13)22-16(23)11(3)21-17(24)14-15(18)20-9-8-19-14/h4-11H,1-3H3,(H2,18,20)(H,21,24). The third kappa shape index (κ3) is 2.80. The Morgan fingerprint density at radius 1 is 1.17 bits per heavy atom. The maximum atomic E-state index is 12.4. The fraction of sp³-hybridized carbons (Fsp3) is 0.294. The lowest BCUT2D eigenvalue weighted by Crippen LogP contribution is -2.30. The van der Waals surface area contributed by atoms with Gasteiger partial charge < -0.3 is 15.6 Å². The maximum absolute atomic E-state index is 12.4. The van der Waals surface area contributed by atoms with Crippen LogP contribution in [-0.4, -0.2) is 25.4 Å². The smallest absolute Gasteiger partial charge is 0.274 e. The molecule has 24 heavy (non-hydrogen) atoms. The molecular formula is C17H20N6O. The topological polar surface area (TPSA) is 98.7 Å². The minimum absolute atomic E-state index is 0.111. The van der Waals surface area contributed by atoms with Crippen molar-refractivity contribution in [1.29, 1.82) is 0 Å². The number of hydrogen-bond donors (Lipinski definition) is 2. The number of nitrogens with two attached hydrogens (primary N) is 1. The summed E-state index contributed by atoms with van der Waals surface area (Å²) in [7, 11) is 0. The molecular weight excluding hydrogens is 304 g/mol. The van der Waals surface area contributed by atoms with Crippen molar-refractivity contribution in [1.82, 2.24) is 24.8 Å². The third-order valence-corrected chi connectivity index (χ3v) is 3.82. The van der Waals surface area contributed by atoms with Crippen molar-refractivity contribution < 1.29 is 4.79 Å². The average molecular weight is 324 g/mol. The summed E-state index contributed by atoms with van der Waals surface area (Å²) in [5.74, 6) is 0.539. The van der Waals surface area contributed by atoms with Crippen LogP contribution in [0.15, 0.2) is 36.7 Å². The number of nitrogen functional groups attached to an aromatic ring is 1. The molecule has 1 aromatic carbocycles. The van der Waals surface area contributed by atoms with E-state index in [-0.39, 0.29) is 29.5 Å². The molecule has 0 saturated heterocycles. The van der Waals surface area contributed by atoms with Crippen LogP contribution in [0.2, 0.25) is 0 Å². The quantitative estimate of drug-likeness (QED) is 0.768. The summed E-state index contributed by atoms with van der Waals surface area (Å²) in [6.07, 6.45) is 2.90. The van der Waals surface area contributed by atoms with Gasteiger partial charge in [0, 0.05) is 18.4 Å². The van der Waals surface area contributed by atoms with Crippen molar-refractivity contribution in [2.75, 3.05) is 5.73 Å². The molecule has 2 heterocycles. The summed E-state index contributed by atoms with van der Waals surface area (Å²) >= 11 is 0. The van der Waals surface area contributed by atoms with E-state index >= 15 is 0 Å². The molecule has 3 rings (SSSR count). The molecule has 1 atom stereocenters. The van der Waals surface area contributed by atoms with E-state index in [1.165, 1.54) is 12.4 Å². The van der Waals surface area contributed by atoms with Gasteiger partial charge in [-0.2, -0.15) is 0 Å². The highest BCUT2D eigenvalue weighted by atomic mass is 16.2. The second kappa shape index (κ2) is 6.27. The molecule has 1 amide bonds. The van der Waals surface area contributed by atoms with E-state index in [0.29, 0.717) is 0 Å². The highest BCUT2D eigenvalue weighted by Gasteiger charge is 2.21. The Hall–Kier alpha value is -2.96. The zero-order valence-corrected chi connectivity index (χ0v) is 13.9. The van der Waals surface area contributed by atoms with Crippen LogP contribution in [0.5, 0.6) is 0 Å². The second-order valence-electron chi connectivity index (χ2n) is 5.91. The Morgan fingerprint density at radius 3 is 2.58 bits per heavy atom. The van der Waals surface area contributed by atoms with Gasteiger partial charge in [-0.15, -0.1) is 0 Å². The Balaban J connectivity index is 1.94. The average Bonchev–Trinajstić information content (AvgIpc) is 2.95. The third-order valence-electron chi connectivity index (χ3n) is 3.82. The number of benzene rings is 1. The zero-order valence-electron chi connectivity index (χ0n) is 13.9. The van der Waals surface area contributed by atoms with Crippen LogP contribution in [0.25, 0.3) is 11.0 Å². The molecule has 0 fully saturated rings. The molecule has 0 aliphatic heterocycles. The molecule has 7 heteroatoms. The van der Waals surface area contributed by atoms with Crippen LogP contribution >= 0.6 is 0 Å². The molecule has 0 radical (unpaired) electrons. The van der Waals surface area contributed by atoms with E-state index in [4.69, 9.17) is 5.73 Å². The van der Waals surface area contributed by atoms with E-state index in [0.717, 1.165) is 16.9 Å². The number of para-hydroxylation sites is 2. The van der Waals surface area contributed by atoms with Crippen molar-refractivity contribution in [3.8, 4) is 0 Å². The van der Waals surface area contributed by atoms with Gasteiger partial charge in [-0.25, -0.2) is 15.0 Å². The second-order valence-corrected chi connectivity index (χ2v) is 5.91. The molecule has 0 spiro atoms. The molecule has 0 aliphatic carbocycles. The first-order valence-corrected chi connectivity index (χ1v) is 7.83. The number of nitrogens with zero attached hydrogens (tertiary/aromatic N) is 4. The van der Waals surface area contributed by atoms with Gasteiger partial charge in [0.15, 0.2) is 11.5 Å². The summed E-state index contributed by atoms with van der Waals surface area (Å²) in [4.78, 5) is 25.0. The summed E-state index contributed by atoms with van der Waals surface area (Å²) in [5.41, 5.74) is 7.79. The molecule has 0 bridgehead atoms. The van der Waals surface area contributed by atoms with E-state index in [1.807, 2.05) is 31.2 Å². The lowest BCUT2D eigenvalue weighted by atomic mass is 10.2. The van der Waals surface area contributed by atoms with Crippen molar-refractivity contribution in [3.63, 3.8) is 0 Å². The van der Waals surface area contributed by atoms with Crippen molar-refractivity contribution in [2.24, 2.45) is 0 Å². The summed E-state index contributed by atoms with van der Waals surface area (Å²) in [6.45, 7) is 6.07. The summed E-state index contributed by atoms with van der Waals surface area (Å²) in [5, 5.41) is 2.90. The number of hydrogen-bond acceptors (Lipinski definition) is 5. The van der Waals surface area contributed by atoms with E-state index < -0.39 is 0 Å². The van der Waals surface area contributed by atoms with E-state index in [1.54, 1.807) is 0 Å². The molecule has 3 N–H and O–H groups in total. The van der Waals surface area contributed by atoms with Gasteiger partial charge in [0.2, 0.25) is 0 Å². The van der Waals surface area contributed by atoms with Crippen LogP contribution < -0.4 is 11.1 Å². The van der Waals surface area contributed by atoms with Crippen molar-refractivity contribution >= 4 is 22.8 Å². The number of rotatable bonds is 4. The molecule has 0 aliphatic rings. The van der Waals surface area contributed by atoms with E-state index in [2.05, 4.69) is 38.7 Å². The molecule has 0 saturated carbocycles. The summed E-state index contributed by atoms with van der Waals surface area (Å²) in [6, 6.07) is 7.85. The number of fused-ring (bicyclic) bond motifs is 1. The fourth-order valence-electron chi connectivity index (χ4n) is 2.76. The van der Waals surface area contributed by atoms with Crippen LogP contribution in [0, 0.1) is 0 Å². The lowest BCUT2D eigenvalue weighted by Gasteiger charge is -2.18. The highest BCUT2D eigenvalue weighted by molar-refractivity contribution is 5.96. The number of nitrogens with one attached hydrogen (secondary N) is 1.